The number of nitrogens with zero attached hydrogens (tertiary/aromatic N) is 2. The maximum Gasteiger partial charge on any atom is 0.257 e. The van der Waals surface area contributed by atoms with E-state index in [-0.39, 0.29) is 17.3 Å². The fraction of sp³-hybridized carbons (Fsp3) is 0.538. The highest BCUT2D eigenvalue weighted by atomic mass is 19.1. The molecule has 0 aliphatic carbocycles. The van der Waals surface area contributed by atoms with Gasteiger partial charge in [-0.2, -0.15) is 0 Å². The van der Waals surface area contributed by atoms with E-state index >= 15 is 0 Å². The molecule has 1 saturated heterocycles. The minimum absolute atomic E-state index is 0.0697. The molecule has 104 valence electrons. The molecular weight excluding hydrogens is 249 g/mol. The number of halogens is 1. The summed E-state index contributed by atoms with van der Waals surface area (Å²) < 4.78 is 18.3. The normalized spacial score (nSPS) is 19.5. The van der Waals surface area contributed by atoms with Crippen LogP contribution in [-0.2, 0) is 4.74 Å². The molecule has 0 aromatic carbocycles. The number of hydrogen-bond donors (Lipinski definition) is 1. The van der Waals surface area contributed by atoms with Gasteiger partial charge in [0.05, 0.1) is 18.4 Å². The van der Waals surface area contributed by atoms with Crippen LogP contribution in [0.4, 0.5) is 10.2 Å². The Labute approximate surface area is 111 Å². The first-order chi connectivity index (χ1) is 9.11. The van der Waals surface area contributed by atoms with Gasteiger partial charge < -0.3 is 15.4 Å². The molecule has 6 heteroatoms. The second-order valence-corrected chi connectivity index (χ2v) is 4.80. The average Bonchev–Trinajstić information content (AvgIpc) is 2.41. The van der Waals surface area contributed by atoms with Gasteiger partial charge in [-0.25, -0.2) is 9.37 Å². The number of pyridine rings is 1. The molecule has 0 spiro atoms. The smallest absolute Gasteiger partial charge is 0.257 e. The molecule has 2 N–H and O–H groups in total. The second kappa shape index (κ2) is 5.97. The lowest BCUT2D eigenvalue weighted by atomic mass is 9.98. The van der Waals surface area contributed by atoms with Crippen molar-refractivity contribution in [3.8, 4) is 0 Å². The number of ether oxygens (including phenoxy) is 1. The van der Waals surface area contributed by atoms with E-state index in [1.807, 2.05) is 0 Å². The van der Waals surface area contributed by atoms with Crippen molar-refractivity contribution in [1.82, 2.24) is 9.88 Å². The zero-order valence-electron chi connectivity index (χ0n) is 10.9. The molecule has 5 nitrogen and oxygen atoms in total. The van der Waals surface area contributed by atoms with Crippen molar-refractivity contribution in [2.45, 2.75) is 12.8 Å². The van der Waals surface area contributed by atoms with Gasteiger partial charge >= 0.3 is 0 Å². The summed E-state index contributed by atoms with van der Waals surface area (Å²) in [6.07, 6.45) is 2.97. The number of amides is 1. The Kier molecular flexibility index (Phi) is 4.31. The van der Waals surface area contributed by atoms with Crippen LogP contribution in [0.5, 0.6) is 0 Å². The summed E-state index contributed by atoms with van der Waals surface area (Å²) >= 11 is 0. The quantitative estimate of drug-likeness (QED) is 0.896. The number of carbonyl (C=O) groups is 1. The molecule has 0 bridgehead atoms. The number of nitrogen functional groups attached to an aromatic ring is 1. The Balaban J connectivity index is 2.12. The van der Waals surface area contributed by atoms with Crippen LogP contribution < -0.4 is 5.73 Å². The largest absolute Gasteiger partial charge is 0.384 e. The number of aromatic nitrogens is 1. The van der Waals surface area contributed by atoms with E-state index in [1.165, 1.54) is 0 Å². The lowest BCUT2D eigenvalue weighted by Crippen LogP contribution is -2.41. The predicted molar refractivity (Wildman–Crippen MR) is 69.1 cm³/mol. The number of likely N-dealkylation sites (tertiary alicyclic amines) is 1. The Morgan fingerprint density at radius 3 is 3.21 bits per heavy atom. The fourth-order valence-electron chi connectivity index (χ4n) is 2.41. The molecule has 1 aliphatic heterocycles. The minimum Gasteiger partial charge on any atom is -0.384 e. The van der Waals surface area contributed by atoms with Crippen LogP contribution in [0.1, 0.15) is 23.2 Å². The summed E-state index contributed by atoms with van der Waals surface area (Å²) in [7, 11) is 1.65. The molecule has 19 heavy (non-hydrogen) atoms. The number of piperidine rings is 1. The molecule has 1 unspecified atom stereocenters. The average molecular weight is 267 g/mol. The summed E-state index contributed by atoms with van der Waals surface area (Å²) in [6.45, 7) is 1.90. The van der Waals surface area contributed by atoms with E-state index < -0.39 is 5.82 Å². The molecule has 1 aromatic rings. The summed E-state index contributed by atoms with van der Waals surface area (Å²) in [5.74, 6) is -0.418. The van der Waals surface area contributed by atoms with Gasteiger partial charge in [-0.15, -0.1) is 0 Å². The topological polar surface area (TPSA) is 68.5 Å². The highest BCUT2D eigenvalue weighted by Gasteiger charge is 2.26. The first kappa shape index (κ1) is 13.7. The van der Waals surface area contributed by atoms with Gasteiger partial charge in [0.25, 0.3) is 5.91 Å². The van der Waals surface area contributed by atoms with Crippen LogP contribution in [0, 0.1) is 11.7 Å². The van der Waals surface area contributed by atoms with Crippen LogP contribution in [0.3, 0.4) is 0 Å². The monoisotopic (exact) mass is 267 g/mol. The molecule has 1 atom stereocenters. The molecule has 1 amide bonds. The Hall–Kier alpha value is -1.69. The van der Waals surface area contributed by atoms with E-state index in [1.54, 1.807) is 12.0 Å². The number of hydrogen-bond acceptors (Lipinski definition) is 4. The summed E-state index contributed by atoms with van der Waals surface area (Å²) in [6, 6.07) is 1.14. The predicted octanol–water partition coefficient (Wildman–Crippen LogP) is 1.30. The second-order valence-electron chi connectivity index (χ2n) is 4.80. The standard InChI is InChI=1S/C13H18FN3O2/c1-19-8-9-3-2-4-17(7-9)13(18)11-5-10(14)6-16-12(11)15/h5-6,9H,2-4,7-8H2,1H3,(H2,15,16). The van der Waals surface area contributed by atoms with Gasteiger partial charge in [-0.05, 0) is 24.8 Å². The van der Waals surface area contributed by atoms with Gasteiger partial charge in [0.15, 0.2) is 0 Å². The lowest BCUT2D eigenvalue weighted by Gasteiger charge is -2.32. The van der Waals surface area contributed by atoms with Crippen LogP contribution in [0.2, 0.25) is 0 Å². The van der Waals surface area contributed by atoms with Crippen molar-refractivity contribution in [3.63, 3.8) is 0 Å². The number of anilines is 1. The molecular formula is C13H18FN3O2. The van der Waals surface area contributed by atoms with Crippen molar-refractivity contribution in [2.75, 3.05) is 32.5 Å². The third kappa shape index (κ3) is 3.20. The van der Waals surface area contributed by atoms with E-state index in [2.05, 4.69) is 4.98 Å². The zero-order valence-corrected chi connectivity index (χ0v) is 10.9. The minimum atomic E-state index is -0.553. The lowest BCUT2D eigenvalue weighted by molar-refractivity contribution is 0.0571. The van der Waals surface area contributed by atoms with E-state index in [0.717, 1.165) is 25.1 Å². The Bertz CT molecular complexity index is 465. The van der Waals surface area contributed by atoms with Crippen molar-refractivity contribution in [1.29, 1.82) is 0 Å². The van der Waals surface area contributed by atoms with E-state index in [0.29, 0.717) is 25.6 Å². The van der Waals surface area contributed by atoms with E-state index in [9.17, 15) is 9.18 Å². The number of carbonyl (C=O) groups excluding carboxylic acids is 1. The van der Waals surface area contributed by atoms with Crippen molar-refractivity contribution >= 4 is 11.7 Å². The molecule has 1 aromatic heterocycles. The summed E-state index contributed by atoms with van der Waals surface area (Å²) in [5, 5.41) is 0. The Morgan fingerprint density at radius 2 is 2.47 bits per heavy atom. The molecule has 2 heterocycles. The van der Waals surface area contributed by atoms with Crippen LogP contribution >= 0.6 is 0 Å². The number of nitrogens with two attached hydrogens (primary N) is 1. The fourth-order valence-corrected chi connectivity index (χ4v) is 2.41. The van der Waals surface area contributed by atoms with Gasteiger partial charge in [0.1, 0.15) is 11.6 Å². The van der Waals surface area contributed by atoms with Crippen molar-refractivity contribution in [3.05, 3.63) is 23.6 Å². The maximum atomic E-state index is 13.2. The van der Waals surface area contributed by atoms with Crippen LogP contribution in [-0.4, -0.2) is 42.6 Å². The first-order valence-corrected chi connectivity index (χ1v) is 6.31. The van der Waals surface area contributed by atoms with Crippen LogP contribution in [0.25, 0.3) is 0 Å². The molecule has 2 rings (SSSR count). The third-order valence-electron chi connectivity index (χ3n) is 3.32. The van der Waals surface area contributed by atoms with Gasteiger partial charge in [-0.3, -0.25) is 4.79 Å². The molecule has 1 fully saturated rings. The highest BCUT2D eigenvalue weighted by Crippen LogP contribution is 2.20. The zero-order chi connectivity index (χ0) is 13.8. The maximum absolute atomic E-state index is 13.2. The summed E-state index contributed by atoms with van der Waals surface area (Å²) in [4.78, 5) is 17.7. The van der Waals surface area contributed by atoms with Crippen molar-refractivity contribution < 1.29 is 13.9 Å². The molecule has 1 aliphatic rings. The van der Waals surface area contributed by atoms with Crippen LogP contribution in [0.15, 0.2) is 12.3 Å². The van der Waals surface area contributed by atoms with Gasteiger partial charge in [0.2, 0.25) is 0 Å². The number of rotatable bonds is 3. The van der Waals surface area contributed by atoms with Gasteiger partial charge in [-0.1, -0.05) is 0 Å². The third-order valence-corrected chi connectivity index (χ3v) is 3.32. The van der Waals surface area contributed by atoms with Crippen molar-refractivity contribution in [2.24, 2.45) is 5.92 Å². The van der Waals surface area contributed by atoms with E-state index in [4.69, 9.17) is 10.5 Å². The highest BCUT2D eigenvalue weighted by molar-refractivity contribution is 5.98. The molecule has 0 saturated carbocycles. The SMILES string of the molecule is COCC1CCCN(C(=O)c2cc(F)cnc2N)C1. The van der Waals surface area contributed by atoms with Gasteiger partial charge in [0, 0.05) is 20.2 Å². The summed E-state index contributed by atoms with van der Waals surface area (Å²) in [5.41, 5.74) is 5.78. The molecule has 0 radical (unpaired) electrons. The Morgan fingerprint density at radius 1 is 1.68 bits per heavy atom. The number of methoxy groups -OCH3 is 1. The first-order valence-electron chi connectivity index (χ1n) is 6.31.